The molecule has 2 aliphatic heterocycles. The van der Waals surface area contributed by atoms with E-state index in [1.165, 1.54) is 16.6 Å². The molecule has 0 aromatic carbocycles. The first-order valence-electron chi connectivity index (χ1n) is 8.68. The molecule has 0 bridgehead atoms. The molecule has 2 aromatic rings. The Kier molecular flexibility index (Phi) is 4.72. The van der Waals surface area contributed by atoms with Crippen molar-refractivity contribution >= 4 is 32.4 Å². The van der Waals surface area contributed by atoms with Crippen molar-refractivity contribution in [1.82, 2.24) is 19.2 Å². The van der Waals surface area contributed by atoms with Crippen LogP contribution < -0.4 is 4.90 Å². The van der Waals surface area contributed by atoms with Crippen LogP contribution in [0.4, 0.5) is 5.13 Å². The van der Waals surface area contributed by atoms with Crippen LogP contribution in [0.1, 0.15) is 23.3 Å². The third-order valence-corrected chi connectivity index (χ3v) is 7.56. The number of likely N-dealkylation sites (tertiary alicyclic amines) is 1. The lowest BCUT2D eigenvalue weighted by molar-refractivity contribution is 0.0787. The van der Waals surface area contributed by atoms with E-state index in [2.05, 4.69) is 14.9 Å². The Bertz CT molecular complexity index is 864. The van der Waals surface area contributed by atoms with Gasteiger partial charge in [0.25, 0.3) is 5.91 Å². The number of sulfonamides is 1. The molecule has 2 fully saturated rings. The number of hydrogen-bond acceptors (Lipinski definition) is 6. The van der Waals surface area contributed by atoms with E-state index < -0.39 is 10.0 Å². The average molecular weight is 396 g/mol. The summed E-state index contributed by atoms with van der Waals surface area (Å²) in [6.07, 6.45) is 5.18. The van der Waals surface area contributed by atoms with Crippen LogP contribution in [0.2, 0.25) is 0 Å². The van der Waals surface area contributed by atoms with Crippen molar-refractivity contribution in [3.05, 3.63) is 29.5 Å². The summed E-state index contributed by atoms with van der Waals surface area (Å²) in [5, 5.41) is 2.83. The number of nitrogens with zero attached hydrogens (tertiary/aromatic N) is 4. The van der Waals surface area contributed by atoms with Crippen molar-refractivity contribution in [1.29, 1.82) is 0 Å². The summed E-state index contributed by atoms with van der Waals surface area (Å²) in [4.78, 5) is 23.5. The standard InChI is InChI=1S/C16H21N5O3S2/c22-15(19-4-1-2-5-19)14-11-13(12-18-14)26(23,24)21-8-6-20(7-9-21)16-17-3-10-25-16/h3,10-12,18H,1-2,4-9H2. The average Bonchev–Trinajstić information content (AvgIpc) is 3.44. The first-order chi connectivity index (χ1) is 12.6. The van der Waals surface area contributed by atoms with Crippen molar-refractivity contribution in [2.45, 2.75) is 17.7 Å². The van der Waals surface area contributed by atoms with Crippen LogP contribution in [0.15, 0.2) is 28.7 Å². The van der Waals surface area contributed by atoms with Gasteiger partial charge in [-0.3, -0.25) is 4.79 Å². The molecule has 0 saturated carbocycles. The molecule has 2 aliphatic rings. The van der Waals surface area contributed by atoms with Crippen LogP contribution in [-0.2, 0) is 10.0 Å². The number of anilines is 1. The van der Waals surface area contributed by atoms with Gasteiger partial charge in [0.05, 0.1) is 0 Å². The minimum atomic E-state index is -3.60. The van der Waals surface area contributed by atoms with Crippen molar-refractivity contribution in [3.8, 4) is 0 Å². The number of nitrogens with one attached hydrogen (secondary N) is 1. The Labute approximate surface area is 156 Å². The van der Waals surface area contributed by atoms with Crippen molar-refractivity contribution in [2.75, 3.05) is 44.2 Å². The molecular weight excluding hydrogens is 374 g/mol. The van der Waals surface area contributed by atoms with Gasteiger partial charge in [0, 0.05) is 57.0 Å². The molecular formula is C16H21N5O3S2. The van der Waals surface area contributed by atoms with Gasteiger partial charge in [0.1, 0.15) is 10.6 Å². The lowest BCUT2D eigenvalue weighted by Gasteiger charge is -2.33. The maximum Gasteiger partial charge on any atom is 0.270 e. The molecule has 1 N–H and O–H groups in total. The number of H-pyrrole nitrogens is 1. The molecule has 0 atom stereocenters. The Hall–Kier alpha value is -1.91. The largest absolute Gasteiger partial charge is 0.356 e. The summed E-state index contributed by atoms with van der Waals surface area (Å²) >= 11 is 1.55. The number of rotatable bonds is 4. The summed E-state index contributed by atoms with van der Waals surface area (Å²) < 4.78 is 27.3. The molecule has 4 rings (SSSR count). The van der Waals surface area contributed by atoms with E-state index in [0.717, 1.165) is 31.1 Å². The van der Waals surface area contributed by atoms with Crippen LogP contribution in [0, 0.1) is 0 Å². The van der Waals surface area contributed by atoms with Gasteiger partial charge in [0.2, 0.25) is 10.0 Å². The van der Waals surface area contributed by atoms with Crippen molar-refractivity contribution in [2.24, 2.45) is 0 Å². The van der Waals surface area contributed by atoms with Crippen LogP contribution in [0.3, 0.4) is 0 Å². The quantitative estimate of drug-likeness (QED) is 0.841. The van der Waals surface area contributed by atoms with E-state index in [0.29, 0.717) is 31.9 Å². The number of aromatic nitrogens is 2. The smallest absolute Gasteiger partial charge is 0.270 e. The SMILES string of the molecule is O=C(c1cc(S(=O)(=O)N2CCN(c3nccs3)CC2)c[nH]1)N1CCCC1. The summed E-state index contributed by atoms with van der Waals surface area (Å²) in [6.45, 7) is 3.50. The molecule has 0 spiro atoms. The summed E-state index contributed by atoms with van der Waals surface area (Å²) in [5.41, 5.74) is 0.340. The number of carbonyl (C=O) groups is 1. The van der Waals surface area contributed by atoms with E-state index in [4.69, 9.17) is 0 Å². The molecule has 26 heavy (non-hydrogen) atoms. The fraction of sp³-hybridized carbons (Fsp3) is 0.500. The van der Waals surface area contributed by atoms with Crippen LogP contribution in [-0.4, -0.2) is 72.8 Å². The van der Waals surface area contributed by atoms with Gasteiger partial charge in [-0.15, -0.1) is 11.3 Å². The predicted octanol–water partition coefficient (Wildman–Crippen LogP) is 1.22. The third kappa shape index (κ3) is 3.24. The van der Waals surface area contributed by atoms with E-state index in [1.54, 1.807) is 22.4 Å². The molecule has 140 valence electrons. The summed E-state index contributed by atoms with van der Waals surface area (Å²) in [5.74, 6) is -0.127. The van der Waals surface area contributed by atoms with E-state index in [1.807, 2.05) is 5.38 Å². The zero-order valence-corrected chi connectivity index (χ0v) is 15.9. The van der Waals surface area contributed by atoms with Crippen LogP contribution in [0.5, 0.6) is 0 Å². The minimum absolute atomic E-state index is 0.127. The number of carbonyl (C=O) groups excluding carboxylic acids is 1. The van der Waals surface area contributed by atoms with E-state index in [-0.39, 0.29) is 10.8 Å². The number of amides is 1. The third-order valence-electron chi connectivity index (χ3n) is 4.85. The number of hydrogen-bond donors (Lipinski definition) is 1. The van der Waals surface area contributed by atoms with Crippen molar-refractivity contribution < 1.29 is 13.2 Å². The van der Waals surface area contributed by atoms with Crippen molar-refractivity contribution in [3.63, 3.8) is 0 Å². The van der Waals surface area contributed by atoms with E-state index in [9.17, 15) is 13.2 Å². The Morgan fingerprint density at radius 3 is 2.50 bits per heavy atom. The van der Waals surface area contributed by atoms with E-state index >= 15 is 0 Å². The normalized spacial score (nSPS) is 19.2. The second kappa shape index (κ2) is 7.01. The first-order valence-corrected chi connectivity index (χ1v) is 11.0. The Morgan fingerprint density at radius 2 is 1.85 bits per heavy atom. The van der Waals surface area contributed by atoms with Gasteiger partial charge in [-0.1, -0.05) is 0 Å². The highest BCUT2D eigenvalue weighted by molar-refractivity contribution is 7.89. The monoisotopic (exact) mass is 395 g/mol. The molecule has 2 aromatic heterocycles. The fourth-order valence-electron chi connectivity index (χ4n) is 3.38. The van der Waals surface area contributed by atoms with Gasteiger partial charge in [-0.05, 0) is 18.9 Å². The molecule has 10 heteroatoms. The van der Waals surface area contributed by atoms with Gasteiger partial charge in [-0.2, -0.15) is 4.31 Å². The van der Waals surface area contributed by atoms with Gasteiger partial charge < -0.3 is 14.8 Å². The topological polar surface area (TPSA) is 89.6 Å². The highest BCUT2D eigenvalue weighted by Gasteiger charge is 2.31. The maximum absolute atomic E-state index is 12.9. The second-order valence-corrected chi connectivity index (χ2v) is 9.27. The number of piperazine rings is 1. The summed E-state index contributed by atoms with van der Waals surface area (Å²) in [6, 6.07) is 1.46. The van der Waals surface area contributed by atoms with Crippen LogP contribution in [0.25, 0.3) is 0 Å². The fourth-order valence-corrected chi connectivity index (χ4v) is 5.49. The Balaban J connectivity index is 1.45. The lowest BCUT2D eigenvalue weighted by Crippen LogP contribution is -2.48. The predicted molar refractivity (Wildman–Crippen MR) is 99.0 cm³/mol. The summed E-state index contributed by atoms with van der Waals surface area (Å²) in [7, 11) is -3.60. The first kappa shape index (κ1) is 17.5. The maximum atomic E-state index is 12.9. The molecule has 8 nitrogen and oxygen atoms in total. The minimum Gasteiger partial charge on any atom is -0.356 e. The molecule has 0 unspecified atom stereocenters. The zero-order valence-electron chi connectivity index (χ0n) is 14.3. The molecule has 0 aliphatic carbocycles. The Morgan fingerprint density at radius 1 is 1.12 bits per heavy atom. The van der Waals surface area contributed by atoms with Gasteiger partial charge in [-0.25, -0.2) is 13.4 Å². The molecule has 1 amide bonds. The molecule has 4 heterocycles. The molecule has 0 radical (unpaired) electrons. The van der Waals surface area contributed by atoms with Gasteiger partial charge >= 0.3 is 0 Å². The molecule has 2 saturated heterocycles. The highest BCUT2D eigenvalue weighted by atomic mass is 32.2. The van der Waals surface area contributed by atoms with Gasteiger partial charge in [0.15, 0.2) is 5.13 Å². The number of thiazole rings is 1. The lowest BCUT2D eigenvalue weighted by atomic mass is 10.4. The highest BCUT2D eigenvalue weighted by Crippen LogP contribution is 2.23. The zero-order chi connectivity index (χ0) is 18.1. The van der Waals surface area contributed by atoms with Crippen LogP contribution >= 0.6 is 11.3 Å². The second-order valence-electron chi connectivity index (χ2n) is 6.45. The number of aromatic amines is 1.